The lowest BCUT2D eigenvalue weighted by atomic mass is 10.0. The predicted molar refractivity (Wildman–Crippen MR) is 60.3 cm³/mol. The second-order valence-corrected chi connectivity index (χ2v) is 5.05. The molecule has 14 heavy (non-hydrogen) atoms. The topological polar surface area (TPSA) is 12.5 Å². The minimum absolute atomic E-state index is 0.669. The number of hydrogen-bond acceptors (Lipinski definition) is 3. The Bertz CT molecular complexity index is 295. The molecule has 2 heterocycles. The van der Waals surface area contributed by atoms with Crippen LogP contribution in [0, 0.1) is 0 Å². The van der Waals surface area contributed by atoms with E-state index in [1.54, 1.807) is 0 Å². The van der Waals surface area contributed by atoms with Crippen molar-refractivity contribution in [3.63, 3.8) is 0 Å². The number of hydrogen-bond donors (Lipinski definition) is 0. The van der Waals surface area contributed by atoms with E-state index < -0.39 is 0 Å². The SMILES string of the molecule is CN(C)CC1CCCOc2ccsc21. The van der Waals surface area contributed by atoms with Crippen LogP contribution in [-0.4, -0.2) is 32.1 Å². The Morgan fingerprint density at radius 1 is 1.57 bits per heavy atom. The molecule has 0 aromatic carbocycles. The largest absolute Gasteiger partial charge is 0.492 e. The zero-order valence-electron chi connectivity index (χ0n) is 8.82. The first kappa shape index (κ1) is 9.99. The van der Waals surface area contributed by atoms with Crippen LogP contribution in [0.1, 0.15) is 23.6 Å². The summed E-state index contributed by atoms with van der Waals surface area (Å²) in [6.07, 6.45) is 2.44. The lowest BCUT2D eigenvalue weighted by Crippen LogP contribution is -2.19. The summed E-state index contributed by atoms with van der Waals surface area (Å²) in [7, 11) is 4.28. The van der Waals surface area contributed by atoms with Crippen LogP contribution in [0.15, 0.2) is 11.4 Å². The van der Waals surface area contributed by atoms with Gasteiger partial charge in [0.05, 0.1) is 11.5 Å². The highest BCUT2D eigenvalue weighted by atomic mass is 32.1. The summed E-state index contributed by atoms with van der Waals surface area (Å²) in [6, 6.07) is 2.11. The van der Waals surface area contributed by atoms with Gasteiger partial charge in [-0.2, -0.15) is 0 Å². The van der Waals surface area contributed by atoms with E-state index in [1.165, 1.54) is 17.7 Å². The van der Waals surface area contributed by atoms with Crippen LogP contribution in [0.2, 0.25) is 0 Å². The molecule has 1 aliphatic rings. The minimum atomic E-state index is 0.669. The van der Waals surface area contributed by atoms with Crippen molar-refractivity contribution in [2.75, 3.05) is 27.2 Å². The summed E-state index contributed by atoms with van der Waals surface area (Å²) in [4.78, 5) is 3.70. The molecule has 0 radical (unpaired) electrons. The Morgan fingerprint density at radius 2 is 2.43 bits per heavy atom. The molecule has 2 rings (SSSR count). The van der Waals surface area contributed by atoms with Gasteiger partial charge in [0, 0.05) is 12.5 Å². The van der Waals surface area contributed by atoms with Gasteiger partial charge < -0.3 is 9.64 Å². The third-order valence-electron chi connectivity index (χ3n) is 2.57. The number of ether oxygens (including phenoxy) is 1. The van der Waals surface area contributed by atoms with Gasteiger partial charge >= 0.3 is 0 Å². The molecular formula is C11H17NOS. The molecule has 0 spiro atoms. The van der Waals surface area contributed by atoms with Crippen molar-refractivity contribution in [1.29, 1.82) is 0 Å². The second-order valence-electron chi connectivity index (χ2n) is 4.10. The maximum absolute atomic E-state index is 5.69. The molecule has 1 aromatic heterocycles. The minimum Gasteiger partial charge on any atom is -0.492 e. The van der Waals surface area contributed by atoms with E-state index in [0.717, 1.165) is 18.9 Å². The van der Waals surface area contributed by atoms with E-state index >= 15 is 0 Å². The number of nitrogens with zero attached hydrogens (tertiary/aromatic N) is 1. The molecule has 78 valence electrons. The monoisotopic (exact) mass is 211 g/mol. The fraction of sp³-hybridized carbons (Fsp3) is 0.636. The van der Waals surface area contributed by atoms with E-state index in [4.69, 9.17) is 4.74 Å². The van der Waals surface area contributed by atoms with E-state index in [9.17, 15) is 0 Å². The average Bonchev–Trinajstić information content (AvgIpc) is 2.51. The Labute approximate surface area is 89.5 Å². The molecule has 1 atom stereocenters. The standard InChI is InChI=1S/C11H17NOS/c1-12(2)8-9-4-3-6-13-10-5-7-14-11(9)10/h5,7,9H,3-4,6,8H2,1-2H3. The zero-order chi connectivity index (χ0) is 9.97. The van der Waals surface area contributed by atoms with Gasteiger partial charge in [-0.05, 0) is 38.4 Å². The summed E-state index contributed by atoms with van der Waals surface area (Å²) >= 11 is 1.84. The number of rotatable bonds is 2. The van der Waals surface area contributed by atoms with Crippen molar-refractivity contribution in [2.45, 2.75) is 18.8 Å². The van der Waals surface area contributed by atoms with Gasteiger partial charge in [-0.25, -0.2) is 0 Å². The molecule has 1 aliphatic heterocycles. The summed E-state index contributed by atoms with van der Waals surface area (Å²) in [5, 5.41) is 2.14. The van der Waals surface area contributed by atoms with Crippen LogP contribution in [-0.2, 0) is 0 Å². The van der Waals surface area contributed by atoms with Crippen molar-refractivity contribution >= 4 is 11.3 Å². The molecule has 3 heteroatoms. The quantitative estimate of drug-likeness (QED) is 0.745. The Morgan fingerprint density at radius 3 is 3.21 bits per heavy atom. The normalized spacial score (nSPS) is 21.5. The second kappa shape index (κ2) is 4.32. The molecule has 0 bridgehead atoms. The lowest BCUT2D eigenvalue weighted by molar-refractivity contribution is 0.313. The van der Waals surface area contributed by atoms with E-state index in [-0.39, 0.29) is 0 Å². The molecule has 2 nitrogen and oxygen atoms in total. The van der Waals surface area contributed by atoms with E-state index in [1.807, 2.05) is 11.3 Å². The highest BCUT2D eigenvalue weighted by Gasteiger charge is 2.21. The van der Waals surface area contributed by atoms with Crippen LogP contribution >= 0.6 is 11.3 Å². The van der Waals surface area contributed by atoms with Gasteiger partial charge in [0.15, 0.2) is 0 Å². The molecular weight excluding hydrogens is 194 g/mol. The predicted octanol–water partition coefficient (Wildman–Crippen LogP) is 2.57. The smallest absolute Gasteiger partial charge is 0.133 e. The van der Waals surface area contributed by atoms with Gasteiger partial charge in [-0.3, -0.25) is 0 Å². The zero-order valence-corrected chi connectivity index (χ0v) is 9.64. The Balaban J connectivity index is 2.17. The van der Waals surface area contributed by atoms with Gasteiger partial charge in [0.1, 0.15) is 5.75 Å². The number of likely N-dealkylation sites (N-methyl/N-ethyl adjacent to an activating group) is 1. The summed E-state index contributed by atoms with van der Waals surface area (Å²) in [6.45, 7) is 2.02. The molecule has 0 N–H and O–H groups in total. The Hall–Kier alpha value is -0.540. The van der Waals surface area contributed by atoms with Crippen molar-refractivity contribution in [1.82, 2.24) is 4.90 Å². The molecule has 1 unspecified atom stereocenters. The van der Waals surface area contributed by atoms with Crippen LogP contribution < -0.4 is 4.74 Å². The number of thiophene rings is 1. The third-order valence-corrected chi connectivity index (χ3v) is 3.63. The summed E-state index contributed by atoms with van der Waals surface area (Å²) in [5.74, 6) is 1.79. The first-order chi connectivity index (χ1) is 6.77. The van der Waals surface area contributed by atoms with Crippen molar-refractivity contribution in [3.05, 3.63) is 16.3 Å². The summed E-state index contributed by atoms with van der Waals surface area (Å²) in [5.41, 5.74) is 0. The first-order valence-corrected chi connectivity index (χ1v) is 6.00. The van der Waals surface area contributed by atoms with Crippen LogP contribution in [0.5, 0.6) is 5.75 Å². The highest BCUT2D eigenvalue weighted by molar-refractivity contribution is 7.10. The van der Waals surface area contributed by atoms with Crippen molar-refractivity contribution in [2.24, 2.45) is 0 Å². The third kappa shape index (κ3) is 2.10. The number of fused-ring (bicyclic) bond motifs is 1. The maximum Gasteiger partial charge on any atom is 0.133 e. The molecule has 1 aromatic rings. The average molecular weight is 211 g/mol. The van der Waals surface area contributed by atoms with Gasteiger partial charge in [0.25, 0.3) is 0 Å². The van der Waals surface area contributed by atoms with Crippen molar-refractivity contribution < 1.29 is 4.74 Å². The van der Waals surface area contributed by atoms with Crippen molar-refractivity contribution in [3.8, 4) is 5.75 Å². The van der Waals surface area contributed by atoms with Gasteiger partial charge in [-0.15, -0.1) is 11.3 Å². The molecule has 0 aliphatic carbocycles. The maximum atomic E-state index is 5.69. The molecule has 0 amide bonds. The fourth-order valence-electron chi connectivity index (χ4n) is 1.98. The molecule has 0 saturated heterocycles. The lowest BCUT2D eigenvalue weighted by Gasteiger charge is -2.18. The van der Waals surface area contributed by atoms with Gasteiger partial charge in [-0.1, -0.05) is 0 Å². The first-order valence-electron chi connectivity index (χ1n) is 5.12. The van der Waals surface area contributed by atoms with Crippen LogP contribution in [0.4, 0.5) is 0 Å². The van der Waals surface area contributed by atoms with E-state index in [0.29, 0.717) is 5.92 Å². The fourth-order valence-corrected chi connectivity index (χ4v) is 2.95. The molecule has 0 saturated carbocycles. The van der Waals surface area contributed by atoms with Crippen LogP contribution in [0.3, 0.4) is 0 Å². The molecule has 0 fully saturated rings. The van der Waals surface area contributed by atoms with Crippen LogP contribution in [0.25, 0.3) is 0 Å². The van der Waals surface area contributed by atoms with Gasteiger partial charge in [0.2, 0.25) is 0 Å². The van der Waals surface area contributed by atoms with E-state index in [2.05, 4.69) is 30.4 Å². The highest BCUT2D eigenvalue weighted by Crippen LogP contribution is 2.37. The summed E-state index contributed by atoms with van der Waals surface area (Å²) < 4.78 is 5.69. The Kier molecular flexibility index (Phi) is 3.08.